The maximum atomic E-state index is 13.3. The third-order valence-corrected chi connectivity index (χ3v) is 6.52. The number of ether oxygens (including phenoxy) is 1. The van der Waals surface area contributed by atoms with Crippen molar-refractivity contribution in [2.24, 2.45) is 0 Å². The number of fused-ring (bicyclic) bond motifs is 3. The molecule has 7 nitrogen and oxygen atoms in total. The largest absolute Gasteiger partial charge is 0.491 e. The molecule has 0 saturated heterocycles. The molecule has 166 valence electrons. The van der Waals surface area contributed by atoms with Gasteiger partial charge in [-0.2, -0.15) is 5.10 Å². The Morgan fingerprint density at radius 3 is 2.85 bits per heavy atom. The van der Waals surface area contributed by atoms with Crippen LogP contribution in [-0.2, 0) is 26.1 Å². The average Bonchev–Trinajstić information content (AvgIpc) is 3.16. The number of hydrogen-bond acceptors (Lipinski definition) is 5. The number of carbonyl (C=O) groups excluding carboxylic acids is 1. The van der Waals surface area contributed by atoms with E-state index in [2.05, 4.69) is 51.4 Å². The van der Waals surface area contributed by atoms with E-state index in [1.165, 1.54) is 16.7 Å². The molecule has 6 rings (SSSR count). The van der Waals surface area contributed by atoms with Gasteiger partial charge in [0.2, 0.25) is 0 Å². The minimum Gasteiger partial charge on any atom is -0.491 e. The van der Waals surface area contributed by atoms with Crippen molar-refractivity contribution in [1.82, 2.24) is 24.4 Å². The summed E-state index contributed by atoms with van der Waals surface area (Å²) in [6.45, 7) is 4.40. The Labute approximate surface area is 192 Å². The number of nitrogens with zero attached hydrogens (tertiary/aromatic N) is 5. The van der Waals surface area contributed by atoms with Crippen LogP contribution in [0.5, 0.6) is 5.75 Å². The molecule has 0 atom stereocenters. The van der Waals surface area contributed by atoms with Gasteiger partial charge in [0.1, 0.15) is 17.9 Å². The number of aromatic nitrogens is 3. The highest BCUT2D eigenvalue weighted by atomic mass is 16.5. The molecule has 0 bridgehead atoms. The van der Waals surface area contributed by atoms with Crippen molar-refractivity contribution in [1.29, 1.82) is 0 Å². The van der Waals surface area contributed by atoms with Crippen molar-refractivity contribution in [2.45, 2.75) is 26.1 Å². The molecule has 4 heterocycles. The molecule has 1 amide bonds. The topological polar surface area (TPSA) is 63.0 Å². The van der Waals surface area contributed by atoms with E-state index in [1.54, 1.807) is 29.2 Å². The number of hydrogen-bond donors (Lipinski definition) is 0. The lowest BCUT2D eigenvalue weighted by molar-refractivity contribution is 0.0735. The van der Waals surface area contributed by atoms with Crippen LogP contribution in [-0.4, -0.2) is 50.0 Å². The Kier molecular flexibility index (Phi) is 5.03. The van der Waals surface area contributed by atoms with E-state index in [0.717, 1.165) is 37.4 Å². The number of carbonyl (C=O) groups is 1. The predicted molar refractivity (Wildman–Crippen MR) is 124 cm³/mol. The first-order chi connectivity index (χ1) is 16.2. The smallest absolute Gasteiger partial charge is 0.259 e. The Hall–Kier alpha value is -3.71. The van der Waals surface area contributed by atoms with Crippen molar-refractivity contribution < 1.29 is 9.53 Å². The Bertz CT molecular complexity index is 1330. The molecule has 2 aliphatic rings. The van der Waals surface area contributed by atoms with E-state index in [4.69, 9.17) is 4.74 Å². The van der Waals surface area contributed by atoms with Gasteiger partial charge in [0, 0.05) is 44.1 Å². The zero-order valence-electron chi connectivity index (χ0n) is 18.4. The summed E-state index contributed by atoms with van der Waals surface area (Å²) in [5.74, 6) is 0.786. The molecule has 0 saturated carbocycles. The van der Waals surface area contributed by atoms with Crippen LogP contribution < -0.4 is 4.74 Å². The van der Waals surface area contributed by atoms with Gasteiger partial charge in [0.25, 0.3) is 5.91 Å². The third kappa shape index (κ3) is 3.85. The van der Waals surface area contributed by atoms with Crippen molar-refractivity contribution in [3.63, 3.8) is 0 Å². The number of benzene rings is 2. The number of rotatable bonds is 3. The van der Waals surface area contributed by atoms with Crippen LogP contribution in [0.25, 0.3) is 5.65 Å². The summed E-state index contributed by atoms with van der Waals surface area (Å²) in [5, 5.41) is 4.27. The molecule has 0 radical (unpaired) electrons. The Morgan fingerprint density at radius 1 is 1.00 bits per heavy atom. The van der Waals surface area contributed by atoms with E-state index in [9.17, 15) is 4.79 Å². The van der Waals surface area contributed by atoms with Crippen molar-refractivity contribution in [2.75, 3.05) is 19.7 Å². The second-order valence-corrected chi connectivity index (χ2v) is 8.69. The van der Waals surface area contributed by atoms with E-state index in [-0.39, 0.29) is 5.91 Å². The van der Waals surface area contributed by atoms with Crippen LogP contribution >= 0.6 is 0 Å². The fraction of sp³-hybridized carbons (Fsp3) is 0.269. The normalized spacial score (nSPS) is 16.1. The van der Waals surface area contributed by atoms with Gasteiger partial charge in [0.15, 0.2) is 5.65 Å². The SMILES string of the molecule is O=C(c1cnn2cccnc12)N1CCOc2ccc(CN3CCc4ccccc4C3)cc2C1. The quantitative estimate of drug-likeness (QED) is 0.490. The molecule has 0 spiro atoms. The van der Waals surface area contributed by atoms with Crippen LogP contribution in [0.2, 0.25) is 0 Å². The first-order valence-electron chi connectivity index (χ1n) is 11.4. The molecule has 7 heteroatoms. The van der Waals surface area contributed by atoms with Gasteiger partial charge < -0.3 is 9.64 Å². The summed E-state index contributed by atoms with van der Waals surface area (Å²) in [6.07, 6.45) is 6.16. The van der Waals surface area contributed by atoms with Crippen LogP contribution in [0, 0.1) is 0 Å². The van der Waals surface area contributed by atoms with Crippen molar-refractivity contribution >= 4 is 11.6 Å². The molecule has 2 aromatic heterocycles. The van der Waals surface area contributed by atoms with Gasteiger partial charge in [-0.3, -0.25) is 9.69 Å². The van der Waals surface area contributed by atoms with Crippen molar-refractivity contribution in [3.8, 4) is 5.75 Å². The number of amides is 1. The van der Waals surface area contributed by atoms with Gasteiger partial charge in [-0.1, -0.05) is 30.3 Å². The second-order valence-electron chi connectivity index (χ2n) is 8.69. The molecular formula is C26H25N5O2. The summed E-state index contributed by atoms with van der Waals surface area (Å²) in [4.78, 5) is 22.0. The molecule has 2 aliphatic heterocycles. The lowest BCUT2D eigenvalue weighted by Gasteiger charge is -2.29. The van der Waals surface area contributed by atoms with E-state index in [0.29, 0.717) is 30.9 Å². The van der Waals surface area contributed by atoms with Gasteiger partial charge >= 0.3 is 0 Å². The first kappa shape index (κ1) is 19.9. The Morgan fingerprint density at radius 2 is 1.91 bits per heavy atom. The van der Waals surface area contributed by atoms with Gasteiger partial charge in [-0.25, -0.2) is 9.50 Å². The minimum absolute atomic E-state index is 0.0711. The maximum absolute atomic E-state index is 13.3. The monoisotopic (exact) mass is 439 g/mol. The lowest BCUT2D eigenvalue weighted by atomic mass is 9.99. The van der Waals surface area contributed by atoms with E-state index >= 15 is 0 Å². The first-order valence-corrected chi connectivity index (χ1v) is 11.4. The lowest BCUT2D eigenvalue weighted by Crippen LogP contribution is -2.32. The zero-order chi connectivity index (χ0) is 22.2. The molecule has 0 unspecified atom stereocenters. The minimum atomic E-state index is -0.0711. The summed E-state index contributed by atoms with van der Waals surface area (Å²) in [6, 6.07) is 16.9. The van der Waals surface area contributed by atoms with Gasteiger partial charge in [-0.05, 0) is 41.3 Å². The van der Waals surface area contributed by atoms with Crippen LogP contribution in [0.15, 0.2) is 67.1 Å². The molecule has 0 aliphatic carbocycles. The molecule has 4 aromatic rings. The molecule has 2 aromatic carbocycles. The maximum Gasteiger partial charge on any atom is 0.259 e. The highest BCUT2D eigenvalue weighted by Crippen LogP contribution is 2.27. The van der Waals surface area contributed by atoms with E-state index in [1.807, 2.05) is 11.0 Å². The van der Waals surface area contributed by atoms with Crippen molar-refractivity contribution in [3.05, 3.63) is 94.9 Å². The fourth-order valence-corrected chi connectivity index (χ4v) is 4.82. The molecule has 0 fully saturated rings. The Balaban J connectivity index is 1.21. The molecule has 33 heavy (non-hydrogen) atoms. The highest BCUT2D eigenvalue weighted by Gasteiger charge is 2.25. The van der Waals surface area contributed by atoms with Gasteiger partial charge in [-0.15, -0.1) is 0 Å². The summed E-state index contributed by atoms with van der Waals surface area (Å²) >= 11 is 0. The third-order valence-electron chi connectivity index (χ3n) is 6.52. The molecular weight excluding hydrogens is 414 g/mol. The zero-order valence-corrected chi connectivity index (χ0v) is 18.4. The predicted octanol–water partition coefficient (Wildman–Crippen LogP) is 3.32. The summed E-state index contributed by atoms with van der Waals surface area (Å²) in [5.41, 5.74) is 6.25. The molecule has 0 N–H and O–H groups in total. The summed E-state index contributed by atoms with van der Waals surface area (Å²) < 4.78 is 7.61. The van der Waals surface area contributed by atoms with Crippen LogP contribution in [0.3, 0.4) is 0 Å². The standard InChI is InChI=1S/C26H25N5O2/c32-26(23-15-28-31-10-3-9-27-25(23)31)30-12-13-33-24-7-6-19(14-22(24)18-30)16-29-11-8-20-4-1-2-5-21(20)17-29/h1-7,9-10,14-15H,8,11-13,16-18H2. The highest BCUT2D eigenvalue weighted by molar-refractivity contribution is 5.99. The van der Waals surface area contributed by atoms with E-state index < -0.39 is 0 Å². The van der Waals surface area contributed by atoms with Crippen LogP contribution in [0.4, 0.5) is 0 Å². The summed E-state index contributed by atoms with van der Waals surface area (Å²) in [7, 11) is 0. The van der Waals surface area contributed by atoms with Gasteiger partial charge in [0.05, 0.1) is 12.7 Å². The fourth-order valence-electron chi connectivity index (χ4n) is 4.82. The average molecular weight is 440 g/mol. The van der Waals surface area contributed by atoms with Crippen LogP contribution in [0.1, 0.15) is 32.6 Å². The second kappa shape index (κ2) is 8.33.